The molecular formula is C21H25N4O2+. The van der Waals surface area contributed by atoms with E-state index in [2.05, 4.69) is 22.2 Å². The van der Waals surface area contributed by atoms with Crippen molar-refractivity contribution in [3.8, 4) is 0 Å². The van der Waals surface area contributed by atoms with Gasteiger partial charge in [0.05, 0.1) is 17.4 Å². The summed E-state index contributed by atoms with van der Waals surface area (Å²) in [6, 6.07) is 16.7. The van der Waals surface area contributed by atoms with Crippen LogP contribution in [0.25, 0.3) is 10.9 Å². The lowest BCUT2D eigenvalue weighted by atomic mass is 10.2. The molecule has 0 aliphatic heterocycles. The Morgan fingerprint density at radius 1 is 1.11 bits per heavy atom. The SMILES string of the molecule is CCCC[NH+](CC(=O)Nc1ccccc1)Cc1nc2ccccc2c(=O)[nH]1. The minimum absolute atomic E-state index is 0.0459. The Balaban J connectivity index is 1.72. The van der Waals surface area contributed by atoms with Crippen molar-refractivity contribution < 1.29 is 9.69 Å². The summed E-state index contributed by atoms with van der Waals surface area (Å²) < 4.78 is 0. The molecule has 1 heterocycles. The fourth-order valence-corrected chi connectivity index (χ4v) is 3.08. The zero-order valence-corrected chi connectivity index (χ0v) is 15.5. The second kappa shape index (κ2) is 9.09. The molecule has 140 valence electrons. The van der Waals surface area contributed by atoms with Gasteiger partial charge in [-0.1, -0.05) is 43.7 Å². The number of unbranched alkanes of at least 4 members (excludes halogenated alkanes) is 1. The smallest absolute Gasteiger partial charge is 0.279 e. The van der Waals surface area contributed by atoms with E-state index in [1.807, 2.05) is 48.5 Å². The van der Waals surface area contributed by atoms with Crippen LogP contribution in [0.2, 0.25) is 0 Å². The number of quaternary nitrogens is 1. The van der Waals surface area contributed by atoms with E-state index in [9.17, 15) is 9.59 Å². The number of amides is 1. The monoisotopic (exact) mass is 365 g/mol. The Bertz CT molecular complexity index is 953. The first-order chi connectivity index (χ1) is 13.2. The van der Waals surface area contributed by atoms with E-state index < -0.39 is 0 Å². The average molecular weight is 365 g/mol. The van der Waals surface area contributed by atoms with E-state index in [4.69, 9.17) is 0 Å². The molecule has 0 saturated heterocycles. The molecule has 6 nitrogen and oxygen atoms in total. The maximum atomic E-state index is 12.4. The van der Waals surface area contributed by atoms with Gasteiger partial charge in [-0.25, -0.2) is 4.98 Å². The third-order valence-corrected chi connectivity index (χ3v) is 4.43. The lowest BCUT2D eigenvalue weighted by molar-refractivity contribution is -0.906. The zero-order valence-electron chi connectivity index (χ0n) is 15.5. The number of anilines is 1. The second-order valence-corrected chi connectivity index (χ2v) is 6.65. The maximum absolute atomic E-state index is 12.4. The number of nitrogens with one attached hydrogen (secondary N) is 3. The quantitative estimate of drug-likeness (QED) is 0.569. The molecule has 3 rings (SSSR count). The Labute approximate surface area is 158 Å². The third kappa shape index (κ3) is 5.24. The van der Waals surface area contributed by atoms with Gasteiger partial charge in [-0.2, -0.15) is 0 Å². The van der Waals surface area contributed by atoms with Gasteiger partial charge in [0.15, 0.2) is 12.4 Å². The molecule has 3 aromatic rings. The van der Waals surface area contributed by atoms with Crippen LogP contribution in [0.1, 0.15) is 25.6 Å². The highest BCUT2D eigenvalue weighted by molar-refractivity contribution is 5.91. The van der Waals surface area contributed by atoms with Crippen molar-refractivity contribution in [2.45, 2.75) is 26.3 Å². The first-order valence-corrected chi connectivity index (χ1v) is 9.32. The van der Waals surface area contributed by atoms with Crippen LogP contribution in [0.5, 0.6) is 0 Å². The number of rotatable bonds is 8. The molecule has 0 aliphatic carbocycles. The fraction of sp³-hybridized carbons (Fsp3) is 0.286. The van der Waals surface area contributed by atoms with Crippen LogP contribution in [0.15, 0.2) is 59.4 Å². The lowest BCUT2D eigenvalue weighted by Crippen LogP contribution is -3.12. The Kier molecular flexibility index (Phi) is 6.33. The van der Waals surface area contributed by atoms with Gasteiger partial charge in [0, 0.05) is 5.69 Å². The zero-order chi connectivity index (χ0) is 19.1. The summed E-state index contributed by atoms with van der Waals surface area (Å²) in [5.74, 6) is 0.563. The van der Waals surface area contributed by atoms with Gasteiger partial charge in [0.2, 0.25) is 0 Å². The van der Waals surface area contributed by atoms with Crippen LogP contribution in [-0.2, 0) is 11.3 Å². The number of benzene rings is 2. The summed E-state index contributed by atoms with van der Waals surface area (Å²) >= 11 is 0. The molecule has 1 atom stereocenters. The number of H-pyrrole nitrogens is 1. The van der Waals surface area contributed by atoms with Gasteiger partial charge in [0.1, 0.15) is 6.54 Å². The Morgan fingerprint density at radius 2 is 1.85 bits per heavy atom. The van der Waals surface area contributed by atoms with Crippen LogP contribution in [0, 0.1) is 0 Å². The largest absolute Gasteiger partial charge is 0.321 e. The van der Waals surface area contributed by atoms with Gasteiger partial charge < -0.3 is 15.2 Å². The van der Waals surface area contributed by atoms with Gasteiger partial charge in [0.25, 0.3) is 11.5 Å². The molecule has 1 unspecified atom stereocenters. The van der Waals surface area contributed by atoms with E-state index in [0.29, 0.717) is 29.8 Å². The number of carbonyl (C=O) groups is 1. The van der Waals surface area contributed by atoms with Crippen LogP contribution in [-0.4, -0.2) is 29.0 Å². The average Bonchev–Trinajstić information content (AvgIpc) is 2.67. The first-order valence-electron chi connectivity index (χ1n) is 9.32. The number of carbonyl (C=O) groups excluding carboxylic acids is 1. The number of hydrogen-bond donors (Lipinski definition) is 3. The predicted octanol–water partition coefficient (Wildman–Crippen LogP) is 1.75. The minimum atomic E-state index is -0.140. The highest BCUT2D eigenvalue weighted by Gasteiger charge is 2.17. The number of para-hydroxylation sites is 2. The van der Waals surface area contributed by atoms with Crippen LogP contribution < -0.4 is 15.8 Å². The summed E-state index contributed by atoms with van der Waals surface area (Å²) in [4.78, 5) is 33.2. The minimum Gasteiger partial charge on any atom is -0.321 e. The molecule has 0 fully saturated rings. The number of aromatic nitrogens is 2. The summed E-state index contributed by atoms with van der Waals surface area (Å²) in [6.07, 6.45) is 2.05. The standard InChI is InChI=1S/C21H24N4O2/c1-2-3-13-25(15-20(26)22-16-9-5-4-6-10-16)14-19-23-18-12-8-7-11-17(18)21(27)24-19/h4-12H,2-3,13-15H2,1H3,(H,22,26)(H,23,24,27)/p+1. The van der Waals surface area contributed by atoms with Crippen molar-refractivity contribution in [3.05, 3.63) is 70.8 Å². The molecule has 1 aromatic heterocycles. The Hall–Kier alpha value is -2.99. The summed E-state index contributed by atoms with van der Waals surface area (Å²) in [7, 11) is 0. The predicted molar refractivity (Wildman–Crippen MR) is 107 cm³/mol. The van der Waals surface area contributed by atoms with Gasteiger partial charge in [-0.05, 0) is 30.7 Å². The summed E-state index contributed by atoms with van der Waals surface area (Å²) in [6.45, 7) is 3.79. The van der Waals surface area contributed by atoms with E-state index >= 15 is 0 Å². The lowest BCUT2D eigenvalue weighted by Gasteiger charge is -2.18. The Morgan fingerprint density at radius 3 is 2.63 bits per heavy atom. The molecule has 27 heavy (non-hydrogen) atoms. The normalized spacial score (nSPS) is 12.0. The second-order valence-electron chi connectivity index (χ2n) is 6.65. The molecule has 3 N–H and O–H groups in total. The van der Waals surface area contributed by atoms with Crippen molar-refractivity contribution in [2.24, 2.45) is 0 Å². The topological polar surface area (TPSA) is 79.3 Å². The highest BCUT2D eigenvalue weighted by Crippen LogP contribution is 2.05. The molecule has 2 aromatic carbocycles. The van der Waals surface area contributed by atoms with Crippen molar-refractivity contribution in [3.63, 3.8) is 0 Å². The molecule has 0 bridgehead atoms. The van der Waals surface area contributed by atoms with Gasteiger partial charge in [-0.3, -0.25) is 9.59 Å². The molecule has 0 saturated carbocycles. The highest BCUT2D eigenvalue weighted by atomic mass is 16.2. The number of aromatic amines is 1. The van der Waals surface area contributed by atoms with Crippen LogP contribution >= 0.6 is 0 Å². The van der Waals surface area contributed by atoms with Crippen LogP contribution in [0.4, 0.5) is 5.69 Å². The van der Waals surface area contributed by atoms with E-state index in [-0.39, 0.29) is 11.5 Å². The molecule has 0 aliphatic rings. The molecule has 6 heteroatoms. The number of hydrogen-bond acceptors (Lipinski definition) is 3. The summed E-state index contributed by atoms with van der Waals surface area (Å²) in [5, 5.41) is 3.51. The van der Waals surface area contributed by atoms with Crippen molar-refractivity contribution in [2.75, 3.05) is 18.4 Å². The van der Waals surface area contributed by atoms with Crippen molar-refractivity contribution >= 4 is 22.5 Å². The molecule has 1 amide bonds. The first kappa shape index (κ1) is 18.8. The summed E-state index contributed by atoms with van der Waals surface area (Å²) in [5.41, 5.74) is 1.33. The van der Waals surface area contributed by atoms with Crippen LogP contribution in [0.3, 0.4) is 0 Å². The molecule has 0 spiro atoms. The fourth-order valence-electron chi connectivity index (χ4n) is 3.08. The van der Waals surface area contributed by atoms with Gasteiger partial charge >= 0.3 is 0 Å². The van der Waals surface area contributed by atoms with Crippen molar-refractivity contribution in [1.29, 1.82) is 0 Å². The molecular weight excluding hydrogens is 340 g/mol. The van der Waals surface area contributed by atoms with E-state index in [0.717, 1.165) is 30.0 Å². The van der Waals surface area contributed by atoms with E-state index in [1.54, 1.807) is 6.07 Å². The number of nitrogens with zero attached hydrogens (tertiary/aromatic N) is 1. The van der Waals surface area contributed by atoms with E-state index in [1.165, 1.54) is 0 Å². The molecule has 0 radical (unpaired) electrons. The number of fused-ring (bicyclic) bond motifs is 1. The third-order valence-electron chi connectivity index (χ3n) is 4.43. The maximum Gasteiger partial charge on any atom is 0.279 e. The van der Waals surface area contributed by atoms with Gasteiger partial charge in [-0.15, -0.1) is 0 Å². The van der Waals surface area contributed by atoms with Crippen molar-refractivity contribution in [1.82, 2.24) is 9.97 Å².